The molecule has 6 heteroatoms. The van der Waals surface area contributed by atoms with Crippen LogP contribution >= 0.6 is 11.3 Å². The topological polar surface area (TPSA) is 55.3 Å². The highest BCUT2D eigenvalue weighted by Gasteiger charge is 2.51. The van der Waals surface area contributed by atoms with Crippen LogP contribution < -0.4 is 4.74 Å². The molecule has 0 aromatic carbocycles. The lowest BCUT2D eigenvalue weighted by atomic mass is 9.65. The molecule has 0 N–H and O–H groups in total. The van der Waals surface area contributed by atoms with Crippen molar-refractivity contribution in [2.45, 2.75) is 59.9 Å². The van der Waals surface area contributed by atoms with E-state index in [4.69, 9.17) is 4.74 Å². The lowest BCUT2D eigenvalue weighted by molar-refractivity contribution is 0.0712. The van der Waals surface area contributed by atoms with Gasteiger partial charge in [0.25, 0.3) is 5.91 Å². The maximum Gasteiger partial charge on any atom is 0.264 e. The standard InChI is InChI=1S/C20H27N3O2S/c1-6-25-16-14-12(2)15(26-17(14)22-11-21-16)18(24)23-10-20(5)8-13(23)7-19(3,4)9-20/h11,13H,6-10H2,1-5H3. The lowest BCUT2D eigenvalue weighted by Crippen LogP contribution is -2.37. The van der Waals surface area contributed by atoms with Crippen molar-refractivity contribution in [3.8, 4) is 5.88 Å². The van der Waals surface area contributed by atoms with E-state index >= 15 is 0 Å². The third-order valence-corrected chi connectivity index (χ3v) is 7.03. The maximum absolute atomic E-state index is 13.4. The molecule has 2 fully saturated rings. The number of carbonyl (C=O) groups is 1. The molecule has 2 unspecified atom stereocenters. The van der Waals surface area contributed by atoms with Gasteiger partial charge < -0.3 is 9.64 Å². The van der Waals surface area contributed by atoms with Gasteiger partial charge in [-0.3, -0.25) is 4.79 Å². The number of likely N-dealkylation sites (tertiary alicyclic amines) is 1. The van der Waals surface area contributed by atoms with E-state index in [-0.39, 0.29) is 11.3 Å². The minimum Gasteiger partial charge on any atom is -0.477 e. The van der Waals surface area contributed by atoms with E-state index in [1.807, 2.05) is 13.8 Å². The van der Waals surface area contributed by atoms with Gasteiger partial charge in [0.05, 0.1) is 16.9 Å². The summed E-state index contributed by atoms with van der Waals surface area (Å²) in [6.07, 6.45) is 4.91. The number of hydrogen-bond donors (Lipinski definition) is 0. The fourth-order valence-electron chi connectivity index (χ4n) is 5.32. The summed E-state index contributed by atoms with van der Waals surface area (Å²) in [5, 5.41) is 0.886. The van der Waals surface area contributed by atoms with Gasteiger partial charge in [-0.25, -0.2) is 9.97 Å². The molecule has 4 rings (SSSR count). The molecule has 1 aliphatic heterocycles. The van der Waals surface area contributed by atoms with Crippen LogP contribution in [0.1, 0.15) is 62.2 Å². The summed E-state index contributed by atoms with van der Waals surface area (Å²) in [6, 6.07) is 0.346. The average Bonchev–Trinajstić information content (AvgIpc) is 3.01. The summed E-state index contributed by atoms with van der Waals surface area (Å²) < 4.78 is 5.66. The molecule has 2 aliphatic rings. The molecule has 2 bridgehead atoms. The number of rotatable bonds is 3. The summed E-state index contributed by atoms with van der Waals surface area (Å²) in [6.45, 7) is 12.3. The summed E-state index contributed by atoms with van der Waals surface area (Å²) in [5.41, 5.74) is 1.49. The summed E-state index contributed by atoms with van der Waals surface area (Å²) >= 11 is 1.47. The minimum atomic E-state index is 0.152. The molecule has 1 aliphatic carbocycles. The first-order valence-corrected chi connectivity index (χ1v) is 10.2. The van der Waals surface area contributed by atoms with Crippen LogP contribution in [0.2, 0.25) is 0 Å². The Morgan fingerprint density at radius 2 is 2.12 bits per heavy atom. The molecule has 2 aromatic heterocycles. The molecule has 2 aromatic rings. The van der Waals surface area contributed by atoms with Gasteiger partial charge in [-0.1, -0.05) is 20.8 Å². The van der Waals surface area contributed by atoms with Crippen LogP contribution in [0.25, 0.3) is 10.2 Å². The second-order valence-electron chi connectivity index (χ2n) is 8.99. The van der Waals surface area contributed by atoms with E-state index in [9.17, 15) is 4.79 Å². The number of nitrogens with zero attached hydrogens (tertiary/aromatic N) is 3. The molecule has 140 valence electrons. The number of aryl methyl sites for hydroxylation is 1. The normalized spacial score (nSPS) is 27.1. The summed E-state index contributed by atoms with van der Waals surface area (Å²) in [4.78, 5) is 25.8. The number of ether oxygens (including phenoxy) is 1. The van der Waals surface area contributed by atoms with Crippen LogP contribution in [0.4, 0.5) is 0 Å². The Kier molecular flexibility index (Phi) is 4.03. The predicted octanol–water partition coefficient (Wildman–Crippen LogP) is 4.44. The van der Waals surface area contributed by atoms with E-state index in [0.29, 0.717) is 23.9 Å². The Morgan fingerprint density at radius 1 is 1.35 bits per heavy atom. The molecule has 0 radical (unpaired) electrons. The van der Waals surface area contributed by atoms with Gasteiger partial charge in [0.2, 0.25) is 5.88 Å². The largest absolute Gasteiger partial charge is 0.477 e. The molecular formula is C20H27N3O2S. The highest BCUT2D eigenvalue weighted by atomic mass is 32.1. The minimum absolute atomic E-state index is 0.152. The zero-order valence-corrected chi connectivity index (χ0v) is 17.1. The van der Waals surface area contributed by atoms with E-state index < -0.39 is 0 Å². The fourth-order valence-corrected chi connectivity index (χ4v) is 6.41. The number of aromatic nitrogens is 2. The molecule has 1 amide bonds. The monoisotopic (exact) mass is 373 g/mol. The molecule has 5 nitrogen and oxygen atoms in total. The Labute approximate surface area is 158 Å². The van der Waals surface area contributed by atoms with Gasteiger partial charge in [-0.05, 0) is 49.5 Å². The Morgan fingerprint density at radius 3 is 2.85 bits per heavy atom. The highest BCUT2D eigenvalue weighted by Crippen LogP contribution is 2.53. The summed E-state index contributed by atoms with van der Waals surface area (Å²) in [7, 11) is 0. The first kappa shape index (κ1) is 17.7. The smallest absolute Gasteiger partial charge is 0.264 e. The van der Waals surface area contributed by atoms with Crippen LogP contribution in [0, 0.1) is 17.8 Å². The van der Waals surface area contributed by atoms with E-state index in [1.165, 1.54) is 24.1 Å². The van der Waals surface area contributed by atoms with Gasteiger partial charge in [-0.15, -0.1) is 11.3 Å². The van der Waals surface area contributed by atoms with Crippen molar-refractivity contribution in [2.24, 2.45) is 10.8 Å². The fraction of sp³-hybridized carbons (Fsp3) is 0.650. The first-order valence-electron chi connectivity index (χ1n) is 9.41. The SMILES string of the molecule is CCOc1ncnc2sc(C(=O)N3CC4(C)CC3CC(C)(C)C4)c(C)c12. The Balaban J connectivity index is 1.71. The van der Waals surface area contributed by atoms with Crippen molar-refractivity contribution < 1.29 is 9.53 Å². The van der Waals surface area contributed by atoms with Gasteiger partial charge in [0.1, 0.15) is 11.2 Å². The van der Waals surface area contributed by atoms with Crippen molar-refractivity contribution in [2.75, 3.05) is 13.2 Å². The zero-order chi connectivity index (χ0) is 18.7. The van der Waals surface area contributed by atoms with Crippen molar-refractivity contribution in [3.63, 3.8) is 0 Å². The van der Waals surface area contributed by atoms with Crippen LogP contribution in [0.3, 0.4) is 0 Å². The van der Waals surface area contributed by atoms with Gasteiger partial charge in [0.15, 0.2) is 0 Å². The molecule has 1 saturated heterocycles. The molecule has 1 saturated carbocycles. The summed E-state index contributed by atoms with van der Waals surface area (Å²) in [5.74, 6) is 0.734. The van der Waals surface area contributed by atoms with Crippen molar-refractivity contribution in [1.82, 2.24) is 14.9 Å². The van der Waals surface area contributed by atoms with Crippen molar-refractivity contribution in [3.05, 3.63) is 16.8 Å². The maximum atomic E-state index is 13.4. The quantitative estimate of drug-likeness (QED) is 0.798. The third kappa shape index (κ3) is 2.79. The average molecular weight is 374 g/mol. The molecular weight excluding hydrogens is 346 g/mol. The van der Waals surface area contributed by atoms with Gasteiger partial charge in [-0.2, -0.15) is 0 Å². The first-order chi connectivity index (χ1) is 12.2. The zero-order valence-electron chi connectivity index (χ0n) is 16.3. The van der Waals surface area contributed by atoms with Crippen molar-refractivity contribution >= 4 is 27.5 Å². The van der Waals surface area contributed by atoms with Gasteiger partial charge in [0, 0.05) is 12.6 Å². The predicted molar refractivity (Wildman–Crippen MR) is 104 cm³/mol. The number of thiophene rings is 1. The Bertz CT molecular complexity index is 875. The van der Waals surface area contributed by atoms with E-state index in [2.05, 4.69) is 35.6 Å². The van der Waals surface area contributed by atoms with Crippen LogP contribution in [0.5, 0.6) is 5.88 Å². The Hall–Kier alpha value is -1.69. The second-order valence-corrected chi connectivity index (χ2v) is 9.99. The molecule has 26 heavy (non-hydrogen) atoms. The van der Waals surface area contributed by atoms with E-state index in [0.717, 1.165) is 40.0 Å². The highest BCUT2D eigenvalue weighted by molar-refractivity contribution is 7.20. The van der Waals surface area contributed by atoms with Crippen molar-refractivity contribution in [1.29, 1.82) is 0 Å². The van der Waals surface area contributed by atoms with Crippen LogP contribution in [0.15, 0.2) is 6.33 Å². The number of fused-ring (bicyclic) bond motifs is 3. The molecule has 2 atom stereocenters. The number of carbonyl (C=O) groups excluding carboxylic acids is 1. The van der Waals surface area contributed by atoms with E-state index in [1.54, 1.807) is 0 Å². The number of hydrogen-bond acceptors (Lipinski definition) is 5. The van der Waals surface area contributed by atoms with Crippen LogP contribution in [-0.2, 0) is 0 Å². The molecule has 0 spiro atoms. The lowest BCUT2D eigenvalue weighted by Gasteiger charge is -2.39. The van der Waals surface area contributed by atoms with Crippen LogP contribution in [-0.4, -0.2) is 40.0 Å². The van der Waals surface area contributed by atoms with Gasteiger partial charge >= 0.3 is 0 Å². The third-order valence-electron chi connectivity index (χ3n) is 5.84. The number of amides is 1. The second kappa shape index (κ2) is 5.91. The molecule has 3 heterocycles.